The highest BCUT2D eigenvalue weighted by molar-refractivity contribution is 5.23. The van der Waals surface area contributed by atoms with E-state index in [4.69, 9.17) is 4.74 Å². The van der Waals surface area contributed by atoms with Crippen molar-refractivity contribution in [1.29, 1.82) is 0 Å². The van der Waals surface area contributed by atoms with E-state index in [1.165, 1.54) is 17.5 Å². The lowest BCUT2D eigenvalue weighted by Gasteiger charge is -2.17. The van der Waals surface area contributed by atoms with E-state index in [0.29, 0.717) is 0 Å². The van der Waals surface area contributed by atoms with Crippen LogP contribution < -0.4 is 5.32 Å². The third-order valence-corrected chi connectivity index (χ3v) is 3.02. The van der Waals surface area contributed by atoms with Gasteiger partial charge in [-0.15, -0.1) is 0 Å². The van der Waals surface area contributed by atoms with Gasteiger partial charge in [-0.25, -0.2) is 0 Å². The average molecular weight is 264 g/mol. The molecule has 1 rings (SSSR count). The Labute approximate surface area is 118 Å². The van der Waals surface area contributed by atoms with Crippen LogP contribution in [0.5, 0.6) is 0 Å². The molecule has 19 heavy (non-hydrogen) atoms. The van der Waals surface area contributed by atoms with E-state index in [-0.39, 0.29) is 0 Å². The minimum atomic E-state index is 0.798. The zero-order valence-electron chi connectivity index (χ0n) is 12.6. The topological polar surface area (TPSA) is 24.5 Å². The molecule has 0 amide bonds. The SMILES string of the molecule is CCCNCc1cccc(CN(C)CCOCC)c1. The van der Waals surface area contributed by atoms with Crippen LogP contribution in [0.25, 0.3) is 0 Å². The van der Waals surface area contributed by atoms with Gasteiger partial charge in [0.15, 0.2) is 0 Å². The molecule has 0 fully saturated rings. The summed E-state index contributed by atoms with van der Waals surface area (Å²) in [5.41, 5.74) is 2.74. The summed E-state index contributed by atoms with van der Waals surface area (Å²) in [6.07, 6.45) is 1.18. The van der Waals surface area contributed by atoms with E-state index in [9.17, 15) is 0 Å². The van der Waals surface area contributed by atoms with Crippen molar-refractivity contribution in [3.63, 3.8) is 0 Å². The van der Waals surface area contributed by atoms with Crippen molar-refractivity contribution in [1.82, 2.24) is 10.2 Å². The molecule has 0 spiro atoms. The van der Waals surface area contributed by atoms with Crippen LogP contribution in [0.3, 0.4) is 0 Å². The maximum atomic E-state index is 5.38. The molecule has 3 nitrogen and oxygen atoms in total. The molecular formula is C16H28N2O. The predicted octanol–water partition coefficient (Wildman–Crippen LogP) is 2.65. The van der Waals surface area contributed by atoms with E-state index in [1.807, 2.05) is 6.92 Å². The van der Waals surface area contributed by atoms with Gasteiger partial charge in [0.1, 0.15) is 0 Å². The number of nitrogens with one attached hydrogen (secondary N) is 1. The summed E-state index contributed by atoms with van der Waals surface area (Å²) in [7, 11) is 2.14. The van der Waals surface area contributed by atoms with Crippen molar-refractivity contribution in [2.24, 2.45) is 0 Å². The van der Waals surface area contributed by atoms with Gasteiger partial charge in [0.25, 0.3) is 0 Å². The van der Waals surface area contributed by atoms with Crippen LogP contribution in [-0.4, -0.2) is 38.3 Å². The lowest BCUT2D eigenvalue weighted by Crippen LogP contribution is -2.23. The van der Waals surface area contributed by atoms with E-state index in [1.54, 1.807) is 0 Å². The first-order chi connectivity index (χ1) is 9.26. The molecule has 0 saturated heterocycles. The number of rotatable bonds is 10. The third-order valence-electron chi connectivity index (χ3n) is 3.02. The fourth-order valence-electron chi connectivity index (χ4n) is 2.00. The van der Waals surface area contributed by atoms with E-state index in [2.05, 4.69) is 48.5 Å². The highest BCUT2D eigenvalue weighted by Crippen LogP contribution is 2.07. The van der Waals surface area contributed by atoms with Crippen LogP contribution in [0.4, 0.5) is 0 Å². The van der Waals surface area contributed by atoms with Gasteiger partial charge in [-0.2, -0.15) is 0 Å². The summed E-state index contributed by atoms with van der Waals surface area (Å²) < 4.78 is 5.38. The van der Waals surface area contributed by atoms with Crippen LogP contribution in [0.1, 0.15) is 31.4 Å². The van der Waals surface area contributed by atoms with Gasteiger partial charge in [-0.05, 0) is 38.1 Å². The molecule has 0 aliphatic heterocycles. The highest BCUT2D eigenvalue weighted by Gasteiger charge is 2.01. The van der Waals surface area contributed by atoms with Crippen molar-refractivity contribution in [3.05, 3.63) is 35.4 Å². The maximum Gasteiger partial charge on any atom is 0.0593 e. The minimum Gasteiger partial charge on any atom is -0.380 e. The number of hydrogen-bond donors (Lipinski definition) is 1. The number of likely N-dealkylation sites (N-methyl/N-ethyl adjacent to an activating group) is 1. The normalized spacial score (nSPS) is 11.2. The Morgan fingerprint density at radius 2 is 2.00 bits per heavy atom. The Bertz CT molecular complexity index is 341. The Hall–Kier alpha value is -0.900. The van der Waals surface area contributed by atoms with E-state index < -0.39 is 0 Å². The highest BCUT2D eigenvalue weighted by atomic mass is 16.5. The monoisotopic (exact) mass is 264 g/mol. The molecule has 0 unspecified atom stereocenters. The van der Waals surface area contributed by atoms with Crippen molar-refractivity contribution in [3.8, 4) is 0 Å². The minimum absolute atomic E-state index is 0.798. The second kappa shape index (κ2) is 9.96. The first-order valence-corrected chi connectivity index (χ1v) is 7.31. The van der Waals surface area contributed by atoms with E-state index >= 15 is 0 Å². The maximum absolute atomic E-state index is 5.38. The lowest BCUT2D eigenvalue weighted by atomic mass is 10.1. The fourth-order valence-corrected chi connectivity index (χ4v) is 2.00. The molecular weight excluding hydrogens is 236 g/mol. The number of benzene rings is 1. The molecule has 0 aliphatic carbocycles. The number of hydrogen-bond acceptors (Lipinski definition) is 3. The summed E-state index contributed by atoms with van der Waals surface area (Å²) in [6, 6.07) is 8.82. The molecule has 0 aromatic heterocycles. The zero-order valence-corrected chi connectivity index (χ0v) is 12.6. The van der Waals surface area contributed by atoms with Crippen molar-refractivity contribution in [2.75, 3.05) is 33.4 Å². The number of nitrogens with zero attached hydrogens (tertiary/aromatic N) is 1. The Morgan fingerprint density at radius 1 is 1.21 bits per heavy atom. The Kier molecular flexibility index (Phi) is 8.47. The van der Waals surface area contributed by atoms with Crippen LogP contribution in [0.15, 0.2) is 24.3 Å². The summed E-state index contributed by atoms with van der Waals surface area (Å²) in [5, 5.41) is 3.44. The Balaban J connectivity index is 2.38. The third kappa shape index (κ3) is 7.31. The van der Waals surface area contributed by atoms with Gasteiger partial charge in [0.2, 0.25) is 0 Å². The first kappa shape index (κ1) is 16.2. The lowest BCUT2D eigenvalue weighted by molar-refractivity contribution is 0.120. The first-order valence-electron chi connectivity index (χ1n) is 7.31. The van der Waals surface area contributed by atoms with Crippen molar-refractivity contribution >= 4 is 0 Å². The average Bonchev–Trinajstić information content (AvgIpc) is 2.40. The molecule has 1 aromatic carbocycles. The Morgan fingerprint density at radius 3 is 2.74 bits per heavy atom. The summed E-state index contributed by atoms with van der Waals surface area (Å²) in [5.74, 6) is 0. The van der Waals surface area contributed by atoms with Crippen LogP contribution in [-0.2, 0) is 17.8 Å². The van der Waals surface area contributed by atoms with Crippen molar-refractivity contribution < 1.29 is 4.74 Å². The molecule has 0 atom stereocenters. The van der Waals surface area contributed by atoms with Crippen LogP contribution >= 0.6 is 0 Å². The predicted molar refractivity (Wildman–Crippen MR) is 81.3 cm³/mol. The molecule has 1 N–H and O–H groups in total. The van der Waals surface area contributed by atoms with Gasteiger partial charge >= 0.3 is 0 Å². The number of ether oxygens (including phenoxy) is 1. The molecule has 1 aromatic rings. The summed E-state index contributed by atoms with van der Waals surface area (Å²) in [4.78, 5) is 2.30. The molecule has 0 heterocycles. The molecule has 0 aliphatic rings. The van der Waals surface area contributed by atoms with Gasteiger partial charge in [0.05, 0.1) is 6.61 Å². The molecule has 108 valence electrons. The van der Waals surface area contributed by atoms with Gasteiger partial charge in [0, 0.05) is 26.2 Å². The second-order valence-electron chi connectivity index (χ2n) is 4.93. The fraction of sp³-hybridized carbons (Fsp3) is 0.625. The van der Waals surface area contributed by atoms with Gasteiger partial charge < -0.3 is 10.1 Å². The zero-order chi connectivity index (χ0) is 13.9. The van der Waals surface area contributed by atoms with E-state index in [0.717, 1.165) is 39.4 Å². The van der Waals surface area contributed by atoms with Gasteiger partial charge in [-0.1, -0.05) is 31.2 Å². The van der Waals surface area contributed by atoms with Gasteiger partial charge in [-0.3, -0.25) is 4.90 Å². The summed E-state index contributed by atoms with van der Waals surface area (Å²) >= 11 is 0. The molecule has 0 bridgehead atoms. The smallest absolute Gasteiger partial charge is 0.0593 e. The largest absolute Gasteiger partial charge is 0.380 e. The second-order valence-corrected chi connectivity index (χ2v) is 4.93. The quantitative estimate of drug-likeness (QED) is 0.658. The molecule has 3 heteroatoms. The van der Waals surface area contributed by atoms with Crippen molar-refractivity contribution in [2.45, 2.75) is 33.4 Å². The standard InChI is InChI=1S/C16H28N2O/c1-4-9-17-13-15-7-6-8-16(12-15)14-18(3)10-11-19-5-2/h6-8,12,17H,4-5,9-11,13-14H2,1-3H3. The summed E-state index contributed by atoms with van der Waals surface area (Å²) in [6.45, 7) is 9.84. The van der Waals surface area contributed by atoms with Crippen LogP contribution in [0.2, 0.25) is 0 Å². The van der Waals surface area contributed by atoms with Crippen LogP contribution in [0, 0.1) is 0 Å². The molecule has 0 radical (unpaired) electrons. The molecule has 0 saturated carbocycles.